The standard InChI is InChI=1S/C23H29N3O4/c1-29-16-22(27)26(18-10-13-30-14-11-18)19-6-4-12-25(15-19)23(28)21-9-8-17-5-2-3-7-20(17)24-21/h2-3,5,7-9,18-19H,4,6,10-16H2,1H3/t19-/m0/s1. The van der Waals surface area contributed by atoms with Gasteiger partial charge in [0.15, 0.2) is 0 Å². The molecule has 0 bridgehead atoms. The van der Waals surface area contributed by atoms with Crippen LogP contribution in [0.3, 0.4) is 0 Å². The van der Waals surface area contributed by atoms with E-state index in [2.05, 4.69) is 4.98 Å². The maximum atomic E-state index is 13.2. The molecule has 2 aliphatic rings. The molecule has 2 aromatic rings. The van der Waals surface area contributed by atoms with Crippen LogP contribution in [0.4, 0.5) is 0 Å². The van der Waals surface area contributed by atoms with Gasteiger partial charge in [-0.15, -0.1) is 0 Å². The van der Waals surface area contributed by atoms with Gasteiger partial charge >= 0.3 is 0 Å². The minimum atomic E-state index is -0.0726. The van der Waals surface area contributed by atoms with Gasteiger partial charge in [0, 0.05) is 50.9 Å². The molecule has 1 atom stereocenters. The average Bonchev–Trinajstić information content (AvgIpc) is 2.79. The monoisotopic (exact) mass is 411 g/mol. The van der Waals surface area contributed by atoms with E-state index in [1.54, 1.807) is 13.2 Å². The number of ether oxygens (including phenoxy) is 2. The van der Waals surface area contributed by atoms with E-state index in [1.165, 1.54) is 0 Å². The van der Waals surface area contributed by atoms with Gasteiger partial charge < -0.3 is 19.3 Å². The van der Waals surface area contributed by atoms with E-state index in [0.717, 1.165) is 36.6 Å². The molecular formula is C23H29N3O4. The quantitative estimate of drug-likeness (QED) is 0.756. The van der Waals surface area contributed by atoms with Gasteiger partial charge in [-0.25, -0.2) is 4.98 Å². The zero-order chi connectivity index (χ0) is 20.9. The Morgan fingerprint density at radius 3 is 2.73 bits per heavy atom. The molecule has 1 aromatic carbocycles. The lowest BCUT2D eigenvalue weighted by atomic mass is 9.98. The molecular weight excluding hydrogens is 382 g/mol. The lowest BCUT2D eigenvalue weighted by Crippen LogP contribution is -2.56. The molecule has 0 saturated carbocycles. The van der Waals surface area contributed by atoms with Crippen LogP contribution in [0.15, 0.2) is 36.4 Å². The second kappa shape index (κ2) is 9.53. The fourth-order valence-electron chi connectivity index (χ4n) is 4.58. The van der Waals surface area contributed by atoms with E-state index in [1.807, 2.05) is 40.1 Å². The molecule has 1 aromatic heterocycles. The summed E-state index contributed by atoms with van der Waals surface area (Å²) in [6.45, 7) is 2.60. The number of carbonyl (C=O) groups excluding carboxylic acids is 2. The Labute approximate surface area is 177 Å². The first-order valence-electron chi connectivity index (χ1n) is 10.7. The molecule has 30 heavy (non-hydrogen) atoms. The van der Waals surface area contributed by atoms with E-state index in [0.29, 0.717) is 32.0 Å². The SMILES string of the molecule is COCC(=O)N(C1CCOCC1)[C@H]1CCCN(C(=O)c2ccc3ccccc3n2)C1. The molecule has 0 aliphatic carbocycles. The van der Waals surface area contributed by atoms with Gasteiger partial charge in [-0.1, -0.05) is 24.3 Å². The average molecular weight is 412 g/mol. The molecule has 2 amide bonds. The van der Waals surface area contributed by atoms with Crippen molar-refractivity contribution in [3.05, 3.63) is 42.1 Å². The van der Waals surface area contributed by atoms with Crippen molar-refractivity contribution in [1.82, 2.24) is 14.8 Å². The predicted octanol–water partition coefficient (Wildman–Crippen LogP) is 2.49. The molecule has 3 heterocycles. The van der Waals surface area contributed by atoms with Crippen molar-refractivity contribution in [2.45, 2.75) is 37.8 Å². The van der Waals surface area contributed by atoms with Crippen LogP contribution in [-0.4, -0.2) is 78.7 Å². The lowest BCUT2D eigenvalue weighted by Gasteiger charge is -2.44. The number of hydrogen-bond donors (Lipinski definition) is 0. The number of benzene rings is 1. The first-order valence-corrected chi connectivity index (χ1v) is 10.7. The molecule has 0 radical (unpaired) electrons. The molecule has 2 aliphatic heterocycles. The molecule has 4 rings (SSSR count). The Morgan fingerprint density at radius 1 is 1.13 bits per heavy atom. The van der Waals surface area contributed by atoms with Crippen molar-refractivity contribution in [1.29, 1.82) is 0 Å². The fraction of sp³-hybridized carbons (Fsp3) is 0.522. The number of nitrogens with zero attached hydrogens (tertiary/aromatic N) is 3. The van der Waals surface area contributed by atoms with Gasteiger partial charge in [-0.2, -0.15) is 0 Å². The number of hydrogen-bond acceptors (Lipinski definition) is 5. The largest absolute Gasteiger partial charge is 0.381 e. The second-order valence-electron chi connectivity index (χ2n) is 8.01. The van der Waals surface area contributed by atoms with E-state index in [9.17, 15) is 9.59 Å². The van der Waals surface area contributed by atoms with Crippen LogP contribution < -0.4 is 0 Å². The first-order chi connectivity index (χ1) is 14.7. The van der Waals surface area contributed by atoms with E-state index >= 15 is 0 Å². The van der Waals surface area contributed by atoms with Crippen molar-refractivity contribution < 1.29 is 19.1 Å². The minimum Gasteiger partial charge on any atom is -0.381 e. The summed E-state index contributed by atoms with van der Waals surface area (Å²) in [6.07, 6.45) is 3.41. The summed E-state index contributed by atoms with van der Waals surface area (Å²) in [6, 6.07) is 11.7. The minimum absolute atomic E-state index is 0.00564. The Hall–Kier alpha value is -2.51. The molecule has 0 spiro atoms. The van der Waals surface area contributed by atoms with Crippen LogP contribution in [-0.2, 0) is 14.3 Å². The topological polar surface area (TPSA) is 72.0 Å². The third-order valence-electron chi connectivity index (χ3n) is 6.03. The highest BCUT2D eigenvalue weighted by Gasteiger charge is 2.35. The van der Waals surface area contributed by atoms with E-state index in [4.69, 9.17) is 9.47 Å². The molecule has 0 N–H and O–H groups in total. The third kappa shape index (κ3) is 4.47. The zero-order valence-electron chi connectivity index (χ0n) is 17.5. The molecule has 2 saturated heterocycles. The van der Waals surface area contributed by atoms with Crippen LogP contribution >= 0.6 is 0 Å². The van der Waals surface area contributed by atoms with Gasteiger partial charge in [0.25, 0.3) is 5.91 Å². The van der Waals surface area contributed by atoms with Gasteiger partial charge in [0.1, 0.15) is 12.3 Å². The Bertz CT molecular complexity index is 897. The zero-order valence-corrected chi connectivity index (χ0v) is 17.5. The smallest absolute Gasteiger partial charge is 0.272 e. The van der Waals surface area contributed by atoms with Gasteiger partial charge in [0.05, 0.1) is 5.52 Å². The van der Waals surface area contributed by atoms with Crippen molar-refractivity contribution >= 4 is 22.7 Å². The van der Waals surface area contributed by atoms with Gasteiger partial charge in [0.2, 0.25) is 5.91 Å². The fourth-order valence-corrected chi connectivity index (χ4v) is 4.58. The molecule has 7 heteroatoms. The highest BCUT2D eigenvalue weighted by Crippen LogP contribution is 2.25. The number of pyridine rings is 1. The number of likely N-dealkylation sites (tertiary alicyclic amines) is 1. The number of rotatable bonds is 5. The number of carbonyl (C=O) groups is 2. The summed E-state index contributed by atoms with van der Waals surface area (Å²) in [4.78, 5) is 34.5. The second-order valence-corrected chi connectivity index (χ2v) is 8.01. The number of aromatic nitrogens is 1. The van der Waals surface area contributed by atoms with Crippen molar-refractivity contribution in [3.63, 3.8) is 0 Å². The summed E-state index contributed by atoms with van der Waals surface area (Å²) in [7, 11) is 1.54. The number of methoxy groups -OCH3 is 1. The summed E-state index contributed by atoms with van der Waals surface area (Å²) < 4.78 is 10.6. The van der Waals surface area contributed by atoms with E-state index in [-0.39, 0.29) is 30.5 Å². The Kier molecular flexibility index (Phi) is 6.59. The van der Waals surface area contributed by atoms with Crippen molar-refractivity contribution in [2.75, 3.05) is 40.0 Å². The van der Waals surface area contributed by atoms with Crippen LogP contribution in [0, 0.1) is 0 Å². The molecule has 2 fully saturated rings. The maximum Gasteiger partial charge on any atom is 0.272 e. The number of fused-ring (bicyclic) bond motifs is 1. The summed E-state index contributed by atoms with van der Waals surface area (Å²) >= 11 is 0. The number of piperidine rings is 1. The maximum absolute atomic E-state index is 13.2. The van der Waals surface area contributed by atoms with Crippen molar-refractivity contribution in [3.8, 4) is 0 Å². The van der Waals surface area contributed by atoms with Gasteiger partial charge in [-0.3, -0.25) is 9.59 Å². The Morgan fingerprint density at radius 2 is 1.93 bits per heavy atom. The van der Waals surface area contributed by atoms with Crippen LogP contribution in [0.1, 0.15) is 36.2 Å². The highest BCUT2D eigenvalue weighted by molar-refractivity contribution is 5.95. The number of para-hydroxylation sites is 1. The van der Waals surface area contributed by atoms with Gasteiger partial charge in [-0.05, 0) is 37.8 Å². The van der Waals surface area contributed by atoms with Crippen molar-refractivity contribution in [2.24, 2.45) is 0 Å². The van der Waals surface area contributed by atoms with Crippen LogP contribution in [0.5, 0.6) is 0 Å². The Balaban J connectivity index is 1.52. The van der Waals surface area contributed by atoms with Crippen LogP contribution in [0.25, 0.3) is 10.9 Å². The first kappa shape index (κ1) is 20.8. The lowest BCUT2D eigenvalue weighted by molar-refractivity contribution is -0.143. The summed E-state index contributed by atoms with van der Waals surface area (Å²) in [5.74, 6) is -0.0795. The molecule has 0 unspecified atom stereocenters. The van der Waals surface area contributed by atoms with E-state index < -0.39 is 0 Å². The van der Waals surface area contributed by atoms with Crippen LogP contribution in [0.2, 0.25) is 0 Å². The predicted molar refractivity (Wildman–Crippen MR) is 113 cm³/mol. The summed E-state index contributed by atoms with van der Waals surface area (Å²) in [5, 5.41) is 1.02. The number of amides is 2. The molecule has 160 valence electrons. The molecule has 7 nitrogen and oxygen atoms in total. The third-order valence-corrected chi connectivity index (χ3v) is 6.03. The summed E-state index contributed by atoms with van der Waals surface area (Å²) in [5.41, 5.74) is 1.27. The normalized spacial score (nSPS) is 20.3. The highest BCUT2D eigenvalue weighted by atomic mass is 16.5.